The van der Waals surface area contributed by atoms with Crippen molar-refractivity contribution in [2.24, 2.45) is 0 Å². The first-order chi connectivity index (χ1) is 14.5. The molecule has 1 fully saturated rings. The highest BCUT2D eigenvalue weighted by molar-refractivity contribution is 7.10. The van der Waals surface area contributed by atoms with Gasteiger partial charge in [0, 0.05) is 29.5 Å². The van der Waals surface area contributed by atoms with E-state index in [4.69, 9.17) is 10.2 Å². The molecule has 1 saturated heterocycles. The minimum Gasteiger partial charge on any atom is -0.478 e. The second-order valence-corrected chi connectivity index (χ2v) is 7.65. The van der Waals surface area contributed by atoms with E-state index < -0.39 is 11.9 Å². The summed E-state index contributed by atoms with van der Waals surface area (Å²) in [5.74, 6) is -2.32. The minimum atomic E-state index is -1.26. The van der Waals surface area contributed by atoms with Crippen LogP contribution in [0.25, 0.3) is 6.08 Å². The van der Waals surface area contributed by atoms with E-state index in [0.717, 1.165) is 17.8 Å². The van der Waals surface area contributed by atoms with E-state index in [-0.39, 0.29) is 5.78 Å². The highest BCUT2D eigenvalue weighted by Gasteiger charge is 2.18. The Balaban J connectivity index is 0.000000343. The van der Waals surface area contributed by atoms with Gasteiger partial charge in [-0.05, 0) is 60.5 Å². The molecular formula is C23H25NO5S. The number of hydrogen-bond donors (Lipinski definition) is 3. The molecule has 1 aromatic heterocycles. The van der Waals surface area contributed by atoms with Gasteiger partial charge in [0.1, 0.15) is 0 Å². The third-order valence-corrected chi connectivity index (χ3v) is 5.31. The molecule has 0 saturated carbocycles. The number of nitrogens with one attached hydrogen (secondary N) is 1. The summed E-state index contributed by atoms with van der Waals surface area (Å²) in [6.07, 6.45) is 8.57. The Morgan fingerprint density at radius 1 is 1.03 bits per heavy atom. The molecule has 7 heteroatoms. The number of carboxylic acids is 2. The molecule has 0 spiro atoms. The summed E-state index contributed by atoms with van der Waals surface area (Å²) < 4.78 is 0. The summed E-state index contributed by atoms with van der Waals surface area (Å²) in [4.78, 5) is 32.3. The SMILES string of the molecule is O=C(C=Cc1cccs1)CCc1ccccc1C1CCCN1.O=C(O)C=CC(=O)O. The van der Waals surface area contributed by atoms with Crippen molar-refractivity contribution >= 4 is 35.1 Å². The first-order valence-electron chi connectivity index (χ1n) is 9.65. The van der Waals surface area contributed by atoms with Crippen molar-refractivity contribution in [3.05, 3.63) is 76.0 Å². The number of carbonyl (C=O) groups is 3. The number of aliphatic carboxylic acids is 2. The lowest BCUT2D eigenvalue weighted by molar-refractivity contribution is -0.134. The van der Waals surface area contributed by atoms with Crippen LogP contribution in [-0.2, 0) is 20.8 Å². The van der Waals surface area contributed by atoms with Crippen LogP contribution in [0.15, 0.2) is 60.0 Å². The standard InChI is InChI=1S/C19H21NOS.C4H4O4/c21-16(11-12-17-6-4-14-22-17)10-9-15-5-1-2-7-18(15)19-8-3-13-20-19;5-3(6)1-2-4(7)8/h1-2,4-7,11-12,14,19-20H,3,8-10,13H2;1-2H,(H,5,6)(H,7,8). The van der Waals surface area contributed by atoms with Crippen molar-refractivity contribution in [1.82, 2.24) is 5.32 Å². The molecule has 0 bridgehead atoms. The Morgan fingerprint density at radius 3 is 2.37 bits per heavy atom. The van der Waals surface area contributed by atoms with E-state index in [9.17, 15) is 14.4 Å². The third-order valence-electron chi connectivity index (χ3n) is 4.48. The lowest BCUT2D eigenvalue weighted by atomic mass is 9.95. The lowest BCUT2D eigenvalue weighted by Gasteiger charge is -2.15. The van der Waals surface area contributed by atoms with Crippen molar-refractivity contribution < 1.29 is 24.6 Å². The highest BCUT2D eigenvalue weighted by atomic mass is 32.1. The molecule has 6 nitrogen and oxygen atoms in total. The Bertz CT molecular complexity index is 880. The largest absolute Gasteiger partial charge is 0.478 e. The normalized spacial score (nSPS) is 15.8. The first-order valence-corrected chi connectivity index (χ1v) is 10.5. The van der Waals surface area contributed by atoms with Gasteiger partial charge in [0.25, 0.3) is 0 Å². The average Bonchev–Trinajstić information content (AvgIpc) is 3.44. The van der Waals surface area contributed by atoms with Crippen molar-refractivity contribution in [3.63, 3.8) is 0 Å². The fourth-order valence-electron chi connectivity index (χ4n) is 3.10. The maximum atomic E-state index is 12.0. The summed E-state index contributed by atoms with van der Waals surface area (Å²) in [7, 11) is 0. The molecule has 0 radical (unpaired) electrons. The molecule has 30 heavy (non-hydrogen) atoms. The Morgan fingerprint density at radius 2 is 1.77 bits per heavy atom. The Hall–Kier alpha value is -3.03. The predicted molar refractivity (Wildman–Crippen MR) is 118 cm³/mol. The topological polar surface area (TPSA) is 104 Å². The van der Waals surface area contributed by atoms with Crippen LogP contribution < -0.4 is 5.32 Å². The molecule has 1 unspecified atom stereocenters. The number of allylic oxidation sites excluding steroid dienone is 1. The van der Waals surface area contributed by atoms with Crippen LogP contribution in [0.4, 0.5) is 0 Å². The number of ketones is 1. The summed E-state index contributed by atoms with van der Waals surface area (Å²) in [6.45, 7) is 1.10. The van der Waals surface area contributed by atoms with Gasteiger partial charge in [-0.3, -0.25) is 4.79 Å². The number of benzene rings is 1. The first kappa shape index (κ1) is 23.3. The average molecular weight is 428 g/mol. The molecule has 1 aromatic carbocycles. The summed E-state index contributed by atoms with van der Waals surface area (Å²) in [5.41, 5.74) is 2.68. The fourth-order valence-corrected chi connectivity index (χ4v) is 3.71. The number of thiophene rings is 1. The number of carboxylic acid groups (broad SMARTS) is 2. The zero-order chi connectivity index (χ0) is 21.8. The van der Waals surface area contributed by atoms with Gasteiger partial charge in [-0.2, -0.15) is 0 Å². The van der Waals surface area contributed by atoms with Crippen LogP contribution in [0.3, 0.4) is 0 Å². The van der Waals surface area contributed by atoms with Gasteiger partial charge >= 0.3 is 11.9 Å². The molecule has 1 aliphatic heterocycles. The smallest absolute Gasteiger partial charge is 0.328 e. The van der Waals surface area contributed by atoms with Crippen LogP contribution >= 0.6 is 11.3 Å². The quantitative estimate of drug-likeness (QED) is 0.548. The molecule has 2 aromatic rings. The molecule has 3 rings (SSSR count). The van der Waals surface area contributed by atoms with E-state index in [1.807, 2.05) is 23.6 Å². The van der Waals surface area contributed by atoms with E-state index >= 15 is 0 Å². The van der Waals surface area contributed by atoms with Crippen molar-refractivity contribution in [2.45, 2.75) is 31.7 Å². The molecular weight excluding hydrogens is 402 g/mol. The van der Waals surface area contributed by atoms with Gasteiger partial charge in [-0.25, -0.2) is 9.59 Å². The van der Waals surface area contributed by atoms with Gasteiger partial charge in [-0.15, -0.1) is 11.3 Å². The second-order valence-electron chi connectivity index (χ2n) is 6.67. The highest BCUT2D eigenvalue weighted by Crippen LogP contribution is 2.26. The monoisotopic (exact) mass is 427 g/mol. The molecule has 2 heterocycles. The van der Waals surface area contributed by atoms with Gasteiger partial charge < -0.3 is 15.5 Å². The van der Waals surface area contributed by atoms with Crippen LogP contribution in [0.2, 0.25) is 0 Å². The zero-order valence-electron chi connectivity index (χ0n) is 16.5. The third kappa shape index (κ3) is 8.55. The molecule has 3 N–H and O–H groups in total. The van der Waals surface area contributed by atoms with Crippen LogP contribution in [0, 0.1) is 0 Å². The molecule has 0 amide bonds. The van der Waals surface area contributed by atoms with E-state index in [1.54, 1.807) is 17.4 Å². The van der Waals surface area contributed by atoms with Gasteiger partial charge in [0.2, 0.25) is 0 Å². The number of hydrogen-bond acceptors (Lipinski definition) is 5. The van der Waals surface area contributed by atoms with E-state index in [2.05, 4.69) is 29.6 Å². The minimum absolute atomic E-state index is 0.197. The molecule has 1 atom stereocenters. The molecule has 0 aliphatic carbocycles. The van der Waals surface area contributed by atoms with E-state index in [0.29, 0.717) is 24.6 Å². The molecule has 158 valence electrons. The van der Waals surface area contributed by atoms with Crippen LogP contribution in [0.5, 0.6) is 0 Å². The number of carbonyl (C=O) groups excluding carboxylic acids is 1. The number of rotatable bonds is 8. The van der Waals surface area contributed by atoms with Gasteiger partial charge in [0.05, 0.1) is 0 Å². The van der Waals surface area contributed by atoms with E-state index in [1.165, 1.54) is 24.0 Å². The predicted octanol–water partition coefficient (Wildman–Crippen LogP) is 4.10. The zero-order valence-corrected chi connectivity index (χ0v) is 17.3. The Kier molecular flexibility index (Phi) is 9.70. The van der Waals surface area contributed by atoms with Crippen LogP contribution in [-0.4, -0.2) is 34.5 Å². The summed E-state index contributed by atoms with van der Waals surface area (Å²) in [6, 6.07) is 13.0. The van der Waals surface area contributed by atoms with Crippen molar-refractivity contribution in [1.29, 1.82) is 0 Å². The van der Waals surface area contributed by atoms with Gasteiger partial charge in [-0.1, -0.05) is 30.3 Å². The van der Waals surface area contributed by atoms with Crippen LogP contribution in [0.1, 0.15) is 41.3 Å². The summed E-state index contributed by atoms with van der Waals surface area (Å²) in [5, 5.41) is 21.2. The lowest BCUT2D eigenvalue weighted by Crippen LogP contribution is -2.15. The summed E-state index contributed by atoms with van der Waals surface area (Å²) >= 11 is 1.65. The molecule has 1 aliphatic rings. The van der Waals surface area contributed by atoms with Crippen molar-refractivity contribution in [3.8, 4) is 0 Å². The van der Waals surface area contributed by atoms with Crippen molar-refractivity contribution in [2.75, 3.05) is 6.54 Å². The Labute approximate surface area is 179 Å². The van der Waals surface area contributed by atoms with Gasteiger partial charge in [0.15, 0.2) is 5.78 Å². The number of aryl methyl sites for hydroxylation is 1. The second kappa shape index (κ2) is 12.5. The maximum Gasteiger partial charge on any atom is 0.328 e. The maximum absolute atomic E-state index is 12.0. The fraction of sp³-hybridized carbons (Fsp3) is 0.261.